The second-order valence-electron chi connectivity index (χ2n) is 15.0. The Morgan fingerprint density at radius 3 is 1.23 bits per heavy atom. The van der Waals surface area contributed by atoms with Gasteiger partial charge in [0, 0.05) is 24.0 Å². The maximum absolute atomic E-state index is 13.9. The van der Waals surface area contributed by atoms with Crippen LogP contribution in [0.2, 0.25) is 0 Å². The first-order chi connectivity index (χ1) is 29.5. The van der Waals surface area contributed by atoms with Crippen molar-refractivity contribution in [3.8, 4) is 33.8 Å². The summed E-state index contributed by atoms with van der Waals surface area (Å²) in [4.78, 5) is 50.7. The van der Waals surface area contributed by atoms with Gasteiger partial charge in [-0.25, -0.2) is 0 Å². The first kappa shape index (κ1) is 45.9. The van der Waals surface area contributed by atoms with E-state index in [0.717, 1.165) is 0 Å². The van der Waals surface area contributed by atoms with Crippen LogP contribution in [-0.4, -0.2) is 149 Å². The highest BCUT2D eigenvalue weighted by Crippen LogP contribution is 2.33. The van der Waals surface area contributed by atoms with E-state index in [1.54, 1.807) is 48.5 Å². The van der Waals surface area contributed by atoms with Gasteiger partial charge in [-0.15, -0.1) is 0 Å². The lowest BCUT2D eigenvalue weighted by atomic mass is 9.95. The first-order valence-corrected chi connectivity index (χ1v) is 19.5. The Bertz CT molecular complexity index is 2100. The maximum Gasteiger partial charge on any atom is 0.307 e. The van der Waals surface area contributed by atoms with Crippen molar-refractivity contribution in [2.75, 3.05) is 13.2 Å². The van der Waals surface area contributed by atoms with Crippen molar-refractivity contribution in [1.29, 1.82) is 0 Å². The van der Waals surface area contributed by atoms with Crippen LogP contribution < -0.4 is 9.47 Å². The Morgan fingerprint density at radius 2 is 0.871 bits per heavy atom. The van der Waals surface area contributed by atoms with E-state index in [9.17, 15) is 70.2 Å². The molecule has 0 spiro atoms. The van der Waals surface area contributed by atoms with Crippen molar-refractivity contribution in [2.45, 2.75) is 87.1 Å². The molecule has 2 fully saturated rings. The Kier molecular flexibility index (Phi) is 14.8. The van der Waals surface area contributed by atoms with Gasteiger partial charge in [0.15, 0.2) is 11.6 Å². The molecule has 10 atom stereocenters. The molecule has 62 heavy (non-hydrogen) atoms. The number of carboxylic acids is 2. The summed E-state index contributed by atoms with van der Waals surface area (Å²) in [6.45, 7) is -1.44. The van der Waals surface area contributed by atoms with Crippen LogP contribution in [-0.2, 0) is 31.9 Å². The predicted octanol–water partition coefficient (Wildman–Crippen LogP) is 0.478. The standard InChI is InChI=1S/C44H46O18/c45-19-33-37(53)39(55)41(57)43(61-33)59-29-15-25(23-5-1-3-21(9-23)11-35(49)50)13-27(17-29)31(47)7-8-32(48)28-14-26(24-6-2-4-22(10-24)12-36(51)52)16-30(18-28)60-44-42(58)40(56)38(54)34(20-46)62-44/h1-6,9-10,13-18,33-34,37-46,53-58H,7-8,11-12,19-20H2,(H,49,50)(H,51,52)/t33-,34-,37-,38-,39+,40+,41+,42+,43+,44+/m0/s1. The Morgan fingerprint density at radius 1 is 0.484 bits per heavy atom. The lowest BCUT2D eigenvalue weighted by Crippen LogP contribution is -2.60. The molecule has 2 aliphatic heterocycles. The monoisotopic (exact) mass is 862 g/mol. The molecule has 330 valence electrons. The van der Waals surface area contributed by atoms with Crippen molar-refractivity contribution in [1.82, 2.24) is 0 Å². The summed E-state index contributed by atoms with van der Waals surface area (Å²) in [6, 6.07) is 21.5. The molecule has 0 radical (unpaired) electrons. The van der Waals surface area contributed by atoms with Gasteiger partial charge in [0.05, 0.1) is 26.1 Å². The Labute approximate surface area is 353 Å². The van der Waals surface area contributed by atoms with E-state index in [1.807, 2.05) is 0 Å². The minimum absolute atomic E-state index is 0.0224. The molecule has 4 aromatic carbocycles. The molecule has 18 heteroatoms. The number of Topliss-reactive ketones (excluding diaryl/α,β-unsaturated/α-hetero) is 2. The van der Waals surface area contributed by atoms with Crippen LogP contribution in [0.4, 0.5) is 0 Å². The summed E-state index contributed by atoms with van der Waals surface area (Å²) in [5.74, 6) is -3.39. The summed E-state index contributed by atoms with van der Waals surface area (Å²) in [5.41, 5.74) is 2.61. The number of carbonyl (C=O) groups is 4. The summed E-state index contributed by atoms with van der Waals surface area (Å²) in [7, 11) is 0. The van der Waals surface area contributed by atoms with Crippen LogP contribution >= 0.6 is 0 Å². The molecule has 0 bridgehead atoms. The molecule has 10 N–H and O–H groups in total. The number of aliphatic hydroxyl groups excluding tert-OH is 8. The van der Waals surface area contributed by atoms with Gasteiger partial charge in [-0.1, -0.05) is 48.5 Å². The van der Waals surface area contributed by atoms with E-state index in [2.05, 4.69) is 0 Å². The average molecular weight is 863 g/mol. The van der Waals surface area contributed by atoms with Gasteiger partial charge in [-0.2, -0.15) is 0 Å². The second-order valence-corrected chi connectivity index (χ2v) is 15.0. The molecule has 18 nitrogen and oxygen atoms in total. The minimum atomic E-state index is -1.78. The number of ketones is 2. The highest BCUT2D eigenvalue weighted by molar-refractivity contribution is 6.03. The van der Waals surface area contributed by atoms with Crippen LogP contribution in [0.15, 0.2) is 84.9 Å². The molecule has 0 aliphatic carbocycles. The van der Waals surface area contributed by atoms with Crippen molar-refractivity contribution in [3.63, 3.8) is 0 Å². The van der Waals surface area contributed by atoms with Gasteiger partial charge in [-0.3, -0.25) is 19.2 Å². The second kappa shape index (κ2) is 20.0. The quantitative estimate of drug-likeness (QED) is 0.0646. The normalized spacial score (nSPS) is 26.1. The van der Waals surface area contributed by atoms with Gasteiger partial charge in [0.1, 0.15) is 60.3 Å². The maximum atomic E-state index is 13.9. The van der Waals surface area contributed by atoms with Crippen LogP contribution in [0.3, 0.4) is 0 Å². The largest absolute Gasteiger partial charge is 0.481 e. The van der Waals surface area contributed by atoms with Crippen molar-refractivity contribution in [2.24, 2.45) is 0 Å². The fourth-order valence-electron chi connectivity index (χ4n) is 7.17. The van der Waals surface area contributed by atoms with E-state index >= 15 is 0 Å². The molecule has 2 saturated heterocycles. The zero-order valence-corrected chi connectivity index (χ0v) is 32.8. The van der Waals surface area contributed by atoms with Gasteiger partial charge in [0.25, 0.3) is 0 Å². The lowest BCUT2D eigenvalue weighted by molar-refractivity contribution is -0.277. The molecular weight excluding hydrogens is 816 g/mol. The number of aliphatic hydroxyl groups is 8. The average Bonchev–Trinajstić information content (AvgIpc) is 3.25. The van der Waals surface area contributed by atoms with Crippen LogP contribution in [0.1, 0.15) is 44.7 Å². The molecular formula is C44H46O18. The molecule has 0 amide bonds. The number of aliphatic carboxylic acids is 2. The highest BCUT2D eigenvalue weighted by atomic mass is 16.7. The van der Waals surface area contributed by atoms with Gasteiger partial charge >= 0.3 is 11.9 Å². The smallest absolute Gasteiger partial charge is 0.307 e. The Balaban J connectivity index is 1.30. The van der Waals surface area contributed by atoms with E-state index in [0.29, 0.717) is 33.4 Å². The number of carboxylic acid groups (broad SMARTS) is 2. The van der Waals surface area contributed by atoms with Crippen LogP contribution in [0, 0.1) is 0 Å². The molecule has 0 saturated carbocycles. The SMILES string of the molecule is O=C(O)Cc1cccc(-c2cc(O[C@@H]3O[C@@H](CO)[C@H](O)[C@@H](O)[C@H]3O)cc(C(=O)CCC(=O)c3cc(O[C@@H]4O[C@@H](CO)[C@H](O)[C@@H](O)[C@H]4O)cc(-c4cccc(CC(=O)O)c4)c3)c2)c1. The summed E-state index contributed by atoms with van der Waals surface area (Å²) in [5, 5.41) is 101. The summed E-state index contributed by atoms with van der Waals surface area (Å²) in [6.07, 6.45) is -17.6. The fourth-order valence-corrected chi connectivity index (χ4v) is 7.17. The van der Waals surface area contributed by atoms with E-state index < -0.39 is 98.1 Å². The number of ether oxygens (including phenoxy) is 4. The number of benzene rings is 4. The van der Waals surface area contributed by atoms with Crippen LogP contribution in [0.5, 0.6) is 11.5 Å². The number of rotatable bonds is 17. The van der Waals surface area contributed by atoms with Crippen molar-refractivity contribution >= 4 is 23.5 Å². The number of hydrogen-bond acceptors (Lipinski definition) is 16. The van der Waals surface area contributed by atoms with E-state index in [-0.39, 0.29) is 48.3 Å². The zero-order chi connectivity index (χ0) is 44.8. The van der Waals surface area contributed by atoms with Gasteiger partial charge < -0.3 is 70.0 Å². The van der Waals surface area contributed by atoms with Gasteiger partial charge in [-0.05, 0) is 69.8 Å². The molecule has 2 heterocycles. The molecule has 0 aromatic heterocycles. The van der Waals surface area contributed by atoms with E-state index in [1.165, 1.54) is 36.4 Å². The molecule has 2 aliphatic rings. The predicted molar refractivity (Wildman–Crippen MR) is 213 cm³/mol. The topological polar surface area (TPSA) is 307 Å². The fraction of sp³-hybridized carbons (Fsp3) is 0.364. The summed E-state index contributed by atoms with van der Waals surface area (Å²) >= 11 is 0. The third-order valence-corrected chi connectivity index (χ3v) is 10.5. The highest BCUT2D eigenvalue weighted by Gasteiger charge is 2.46. The molecule has 4 aromatic rings. The number of hydrogen-bond donors (Lipinski definition) is 10. The molecule has 6 rings (SSSR count). The third-order valence-electron chi connectivity index (χ3n) is 10.5. The Hall–Kier alpha value is -5.64. The van der Waals surface area contributed by atoms with E-state index in [4.69, 9.17) is 18.9 Å². The lowest BCUT2D eigenvalue weighted by Gasteiger charge is -2.39. The summed E-state index contributed by atoms with van der Waals surface area (Å²) < 4.78 is 22.7. The van der Waals surface area contributed by atoms with Gasteiger partial charge in [0.2, 0.25) is 12.6 Å². The number of carbonyl (C=O) groups excluding carboxylic acids is 2. The zero-order valence-electron chi connectivity index (χ0n) is 32.8. The minimum Gasteiger partial charge on any atom is -0.481 e. The van der Waals surface area contributed by atoms with Crippen molar-refractivity contribution in [3.05, 3.63) is 107 Å². The first-order valence-electron chi connectivity index (χ1n) is 19.5. The van der Waals surface area contributed by atoms with Crippen molar-refractivity contribution < 1.29 is 89.2 Å². The molecule has 0 unspecified atom stereocenters. The van der Waals surface area contributed by atoms with Crippen LogP contribution in [0.25, 0.3) is 22.3 Å². The third kappa shape index (κ3) is 10.9.